The zero-order chi connectivity index (χ0) is 14.8. The van der Waals surface area contributed by atoms with Gasteiger partial charge in [-0.2, -0.15) is 0 Å². The number of sulfone groups is 1. The standard InChI is InChI=1S/C15H23NO3S/c1-12-4-3-5-14(10-12)15(17)6-7-16-8-9-20(18,19)11-13(16)2/h3-5,10,13,15,17H,6-9,11H2,1-2H3. The summed E-state index contributed by atoms with van der Waals surface area (Å²) >= 11 is 0. The third-order valence-electron chi connectivity index (χ3n) is 3.92. The highest BCUT2D eigenvalue weighted by molar-refractivity contribution is 7.91. The number of nitrogens with zero attached hydrogens (tertiary/aromatic N) is 1. The van der Waals surface area contributed by atoms with E-state index in [2.05, 4.69) is 4.90 Å². The Kier molecular flexibility index (Phi) is 4.83. The highest BCUT2D eigenvalue weighted by Crippen LogP contribution is 2.20. The van der Waals surface area contributed by atoms with Gasteiger partial charge in [0.05, 0.1) is 17.6 Å². The van der Waals surface area contributed by atoms with Crippen LogP contribution in [0.2, 0.25) is 0 Å². The van der Waals surface area contributed by atoms with Gasteiger partial charge in [0.2, 0.25) is 0 Å². The first-order valence-electron chi connectivity index (χ1n) is 7.06. The van der Waals surface area contributed by atoms with Gasteiger partial charge in [0.1, 0.15) is 0 Å². The molecule has 0 amide bonds. The number of benzene rings is 1. The van der Waals surface area contributed by atoms with E-state index in [1.54, 1.807) is 0 Å². The summed E-state index contributed by atoms with van der Waals surface area (Å²) in [7, 11) is -2.87. The van der Waals surface area contributed by atoms with E-state index >= 15 is 0 Å². The van der Waals surface area contributed by atoms with Crippen LogP contribution in [-0.4, -0.2) is 49.1 Å². The van der Waals surface area contributed by atoms with Gasteiger partial charge in [-0.25, -0.2) is 8.42 Å². The zero-order valence-electron chi connectivity index (χ0n) is 12.1. The third-order valence-corrected chi connectivity index (χ3v) is 5.72. The molecule has 0 saturated carbocycles. The molecule has 1 N–H and O–H groups in total. The molecular weight excluding hydrogens is 274 g/mol. The lowest BCUT2D eigenvalue weighted by atomic mass is 10.0. The van der Waals surface area contributed by atoms with Crippen molar-refractivity contribution in [3.05, 3.63) is 35.4 Å². The second kappa shape index (κ2) is 6.24. The Labute approximate surface area is 121 Å². The van der Waals surface area contributed by atoms with Crippen molar-refractivity contribution < 1.29 is 13.5 Å². The Hall–Kier alpha value is -0.910. The Morgan fingerprint density at radius 3 is 2.85 bits per heavy atom. The summed E-state index contributed by atoms with van der Waals surface area (Å²) < 4.78 is 23.1. The molecule has 0 aromatic heterocycles. The lowest BCUT2D eigenvalue weighted by molar-refractivity contribution is 0.131. The van der Waals surface area contributed by atoms with Crippen LogP contribution < -0.4 is 0 Å². The second-order valence-electron chi connectivity index (χ2n) is 5.72. The summed E-state index contributed by atoms with van der Waals surface area (Å²) in [5.74, 6) is 0.464. The lowest BCUT2D eigenvalue weighted by Crippen LogP contribution is -2.47. The van der Waals surface area contributed by atoms with Crippen LogP contribution in [0.4, 0.5) is 0 Å². The van der Waals surface area contributed by atoms with Crippen molar-refractivity contribution in [2.45, 2.75) is 32.4 Å². The number of hydrogen-bond donors (Lipinski definition) is 1. The molecule has 4 nitrogen and oxygen atoms in total. The normalized spacial score (nSPS) is 24.4. The number of aliphatic hydroxyl groups is 1. The van der Waals surface area contributed by atoms with Gasteiger partial charge in [0.15, 0.2) is 9.84 Å². The molecule has 1 aromatic carbocycles. The van der Waals surface area contributed by atoms with Crippen LogP contribution in [0.25, 0.3) is 0 Å². The summed E-state index contributed by atoms with van der Waals surface area (Å²) in [6.45, 7) is 5.25. The van der Waals surface area contributed by atoms with Crippen molar-refractivity contribution in [3.8, 4) is 0 Å². The molecule has 0 aliphatic carbocycles. The molecule has 20 heavy (non-hydrogen) atoms. The van der Waals surface area contributed by atoms with Crippen molar-refractivity contribution in [3.63, 3.8) is 0 Å². The molecule has 0 bridgehead atoms. The van der Waals surface area contributed by atoms with Gasteiger partial charge >= 0.3 is 0 Å². The van der Waals surface area contributed by atoms with Crippen LogP contribution in [0.5, 0.6) is 0 Å². The molecule has 0 spiro atoms. The van der Waals surface area contributed by atoms with Crippen molar-refractivity contribution >= 4 is 9.84 Å². The summed E-state index contributed by atoms with van der Waals surface area (Å²) in [6, 6.07) is 7.92. The van der Waals surface area contributed by atoms with Crippen LogP contribution >= 0.6 is 0 Å². The van der Waals surface area contributed by atoms with Gasteiger partial charge in [-0.3, -0.25) is 4.90 Å². The molecule has 2 atom stereocenters. The average molecular weight is 297 g/mol. The quantitative estimate of drug-likeness (QED) is 0.916. The maximum Gasteiger partial charge on any atom is 0.153 e. The Morgan fingerprint density at radius 2 is 2.20 bits per heavy atom. The molecule has 112 valence electrons. The summed E-state index contributed by atoms with van der Waals surface area (Å²) in [5.41, 5.74) is 2.07. The Bertz CT molecular complexity index is 556. The average Bonchev–Trinajstić information content (AvgIpc) is 2.36. The molecule has 0 radical (unpaired) electrons. The van der Waals surface area contributed by atoms with Crippen molar-refractivity contribution in [2.24, 2.45) is 0 Å². The number of rotatable bonds is 4. The minimum Gasteiger partial charge on any atom is -0.388 e. The highest BCUT2D eigenvalue weighted by Gasteiger charge is 2.28. The van der Waals surface area contributed by atoms with Crippen molar-refractivity contribution in [1.82, 2.24) is 4.90 Å². The first-order valence-corrected chi connectivity index (χ1v) is 8.88. The monoisotopic (exact) mass is 297 g/mol. The minimum absolute atomic E-state index is 0.0402. The fourth-order valence-corrected chi connectivity index (χ4v) is 4.32. The zero-order valence-corrected chi connectivity index (χ0v) is 12.9. The molecular formula is C15H23NO3S. The maximum atomic E-state index is 11.5. The number of aryl methyl sites for hydroxylation is 1. The van der Waals surface area contributed by atoms with E-state index in [1.165, 1.54) is 0 Å². The van der Waals surface area contributed by atoms with E-state index in [-0.39, 0.29) is 17.5 Å². The number of hydrogen-bond acceptors (Lipinski definition) is 4. The highest BCUT2D eigenvalue weighted by atomic mass is 32.2. The van der Waals surface area contributed by atoms with E-state index in [0.717, 1.165) is 17.7 Å². The fourth-order valence-electron chi connectivity index (χ4n) is 2.70. The molecule has 1 aliphatic heterocycles. The van der Waals surface area contributed by atoms with E-state index in [1.807, 2.05) is 38.1 Å². The van der Waals surface area contributed by atoms with Crippen LogP contribution in [0, 0.1) is 6.92 Å². The fraction of sp³-hybridized carbons (Fsp3) is 0.600. The van der Waals surface area contributed by atoms with Crippen LogP contribution in [-0.2, 0) is 9.84 Å². The van der Waals surface area contributed by atoms with Crippen LogP contribution in [0.3, 0.4) is 0 Å². The molecule has 1 heterocycles. The van der Waals surface area contributed by atoms with Crippen LogP contribution in [0.15, 0.2) is 24.3 Å². The second-order valence-corrected chi connectivity index (χ2v) is 7.95. The molecule has 2 unspecified atom stereocenters. The topological polar surface area (TPSA) is 57.6 Å². The summed E-state index contributed by atoms with van der Waals surface area (Å²) in [5, 5.41) is 10.2. The molecule has 1 saturated heterocycles. The van der Waals surface area contributed by atoms with Gasteiger partial charge in [-0.15, -0.1) is 0 Å². The Balaban J connectivity index is 1.89. The molecule has 5 heteroatoms. The molecule has 2 rings (SSSR count). The third kappa shape index (κ3) is 4.04. The van der Waals surface area contributed by atoms with Gasteiger partial charge in [-0.05, 0) is 25.8 Å². The van der Waals surface area contributed by atoms with Crippen molar-refractivity contribution in [1.29, 1.82) is 0 Å². The van der Waals surface area contributed by atoms with Gasteiger partial charge in [0, 0.05) is 19.1 Å². The lowest BCUT2D eigenvalue weighted by Gasteiger charge is -2.33. The summed E-state index contributed by atoms with van der Waals surface area (Å²) in [6.07, 6.45) is 0.147. The van der Waals surface area contributed by atoms with Gasteiger partial charge < -0.3 is 5.11 Å². The molecule has 1 fully saturated rings. The molecule has 1 aromatic rings. The van der Waals surface area contributed by atoms with E-state index < -0.39 is 15.9 Å². The molecule has 1 aliphatic rings. The smallest absolute Gasteiger partial charge is 0.153 e. The predicted molar refractivity (Wildman–Crippen MR) is 80.4 cm³/mol. The summed E-state index contributed by atoms with van der Waals surface area (Å²) in [4.78, 5) is 2.15. The first kappa shape index (κ1) is 15.5. The largest absolute Gasteiger partial charge is 0.388 e. The minimum atomic E-state index is -2.87. The van der Waals surface area contributed by atoms with Gasteiger partial charge in [0.25, 0.3) is 0 Å². The predicted octanol–water partition coefficient (Wildman–Crippen LogP) is 1.54. The first-order chi connectivity index (χ1) is 9.37. The maximum absolute atomic E-state index is 11.5. The van der Waals surface area contributed by atoms with E-state index in [9.17, 15) is 13.5 Å². The Morgan fingerprint density at radius 1 is 1.45 bits per heavy atom. The van der Waals surface area contributed by atoms with Crippen molar-refractivity contribution in [2.75, 3.05) is 24.6 Å². The van der Waals surface area contributed by atoms with Gasteiger partial charge in [-0.1, -0.05) is 29.8 Å². The number of aliphatic hydroxyl groups excluding tert-OH is 1. The van der Waals surface area contributed by atoms with E-state index in [4.69, 9.17) is 0 Å². The van der Waals surface area contributed by atoms with Crippen LogP contribution in [0.1, 0.15) is 30.6 Å². The van der Waals surface area contributed by atoms with E-state index in [0.29, 0.717) is 13.0 Å². The SMILES string of the molecule is Cc1cccc(C(O)CCN2CCS(=O)(=O)CC2C)c1.